The molecule has 0 aromatic rings. The van der Waals surface area contributed by atoms with Crippen LogP contribution in [0.3, 0.4) is 0 Å². The van der Waals surface area contributed by atoms with Gasteiger partial charge in [-0.1, -0.05) is 13.8 Å². The maximum absolute atomic E-state index is 10.3. The van der Waals surface area contributed by atoms with Gasteiger partial charge in [0, 0.05) is 39.3 Å². The summed E-state index contributed by atoms with van der Waals surface area (Å²) in [7, 11) is 0. The summed E-state index contributed by atoms with van der Waals surface area (Å²) in [6, 6.07) is 0. The van der Waals surface area contributed by atoms with E-state index >= 15 is 0 Å². The van der Waals surface area contributed by atoms with E-state index in [1.54, 1.807) is 0 Å². The average molecular weight is 268 g/mol. The molecule has 110 valence electrons. The van der Waals surface area contributed by atoms with Crippen molar-refractivity contribution in [2.45, 2.75) is 38.4 Å². The van der Waals surface area contributed by atoms with Crippen molar-refractivity contribution in [1.82, 2.24) is 9.80 Å². The van der Waals surface area contributed by atoms with Gasteiger partial charge in [0.15, 0.2) is 0 Å². The second kappa shape index (κ2) is 5.32. The lowest BCUT2D eigenvalue weighted by molar-refractivity contribution is -0.135. The van der Waals surface area contributed by atoms with E-state index in [1.807, 2.05) is 0 Å². The fraction of sp³-hybridized carbons (Fsp3) is 1.00. The van der Waals surface area contributed by atoms with Gasteiger partial charge < -0.3 is 9.84 Å². The fourth-order valence-electron chi connectivity index (χ4n) is 3.60. The monoisotopic (exact) mass is 268 g/mol. The molecule has 0 amide bonds. The Labute approximate surface area is 116 Å². The van der Waals surface area contributed by atoms with Gasteiger partial charge >= 0.3 is 0 Å². The molecule has 2 heterocycles. The molecule has 3 rings (SSSR count). The minimum Gasteiger partial charge on any atom is -0.387 e. The molecule has 1 atom stereocenters. The van der Waals surface area contributed by atoms with Gasteiger partial charge in [-0.05, 0) is 24.7 Å². The summed E-state index contributed by atoms with van der Waals surface area (Å²) >= 11 is 0. The number of hydrogen-bond donors (Lipinski definition) is 1. The van der Waals surface area contributed by atoms with Crippen LogP contribution in [0.2, 0.25) is 0 Å². The van der Waals surface area contributed by atoms with Crippen LogP contribution in [0.15, 0.2) is 0 Å². The smallest absolute Gasteiger partial charge is 0.0928 e. The van der Waals surface area contributed by atoms with Gasteiger partial charge in [-0.3, -0.25) is 9.80 Å². The quantitative estimate of drug-likeness (QED) is 0.800. The SMILES string of the molecule is CC(C)CN1CCOC(CN2CC(O)(C3CC3)C2)C1. The van der Waals surface area contributed by atoms with Crippen LogP contribution in [-0.2, 0) is 4.74 Å². The lowest BCUT2D eigenvalue weighted by Crippen LogP contribution is -2.65. The Morgan fingerprint density at radius 1 is 1.26 bits per heavy atom. The van der Waals surface area contributed by atoms with Crippen LogP contribution in [0.5, 0.6) is 0 Å². The van der Waals surface area contributed by atoms with Crippen molar-refractivity contribution in [3.63, 3.8) is 0 Å². The molecule has 1 unspecified atom stereocenters. The van der Waals surface area contributed by atoms with Gasteiger partial charge in [-0.15, -0.1) is 0 Å². The van der Waals surface area contributed by atoms with Gasteiger partial charge in [0.1, 0.15) is 0 Å². The maximum atomic E-state index is 10.3. The number of likely N-dealkylation sites (tertiary alicyclic amines) is 1. The van der Waals surface area contributed by atoms with Crippen molar-refractivity contribution in [3.8, 4) is 0 Å². The molecule has 0 bridgehead atoms. The van der Waals surface area contributed by atoms with Crippen molar-refractivity contribution in [2.24, 2.45) is 11.8 Å². The molecule has 2 saturated heterocycles. The molecule has 0 aromatic heterocycles. The van der Waals surface area contributed by atoms with Crippen LogP contribution in [0.4, 0.5) is 0 Å². The summed E-state index contributed by atoms with van der Waals surface area (Å²) in [4.78, 5) is 4.88. The zero-order chi connectivity index (χ0) is 13.5. The first-order valence-electron chi connectivity index (χ1n) is 7.84. The summed E-state index contributed by atoms with van der Waals surface area (Å²) < 4.78 is 5.88. The van der Waals surface area contributed by atoms with E-state index < -0.39 is 0 Å². The summed E-state index contributed by atoms with van der Waals surface area (Å²) in [5, 5.41) is 10.3. The predicted molar refractivity (Wildman–Crippen MR) is 75.1 cm³/mol. The maximum Gasteiger partial charge on any atom is 0.0928 e. The molecular formula is C15H28N2O2. The third kappa shape index (κ3) is 3.30. The summed E-state index contributed by atoms with van der Waals surface area (Å²) in [6.45, 7) is 11.4. The summed E-state index contributed by atoms with van der Waals surface area (Å²) in [6.07, 6.45) is 2.79. The van der Waals surface area contributed by atoms with Crippen LogP contribution in [0.25, 0.3) is 0 Å². The average Bonchev–Trinajstić information content (AvgIpc) is 3.10. The third-order valence-electron chi connectivity index (χ3n) is 4.64. The Morgan fingerprint density at radius 2 is 2.00 bits per heavy atom. The standard InChI is InChI=1S/C15H28N2O2/c1-12(2)7-16-5-6-19-14(8-16)9-17-10-15(18,11-17)13-3-4-13/h12-14,18H,3-11H2,1-2H3. The summed E-state index contributed by atoms with van der Waals surface area (Å²) in [5.74, 6) is 1.32. The van der Waals surface area contributed by atoms with Gasteiger partial charge in [0.25, 0.3) is 0 Å². The van der Waals surface area contributed by atoms with E-state index in [-0.39, 0.29) is 5.60 Å². The Balaban J connectivity index is 1.41. The number of ether oxygens (including phenoxy) is 1. The highest BCUT2D eigenvalue weighted by Gasteiger charge is 2.52. The fourth-order valence-corrected chi connectivity index (χ4v) is 3.60. The van der Waals surface area contributed by atoms with E-state index in [0.29, 0.717) is 12.0 Å². The number of hydrogen-bond acceptors (Lipinski definition) is 4. The molecule has 19 heavy (non-hydrogen) atoms. The Hall–Kier alpha value is -0.160. The lowest BCUT2D eigenvalue weighted by Gasteiger charge is -2.49. The zero-order valence-electron chi connectivity index (χ0n) is 12.3. The second-order valence-electron chi connectivity index (χ2n) is 7.19. The van der Waals surface area contributed by atoms with E-state index in [1.165, 1.54) is 19.4 Å². The first-order valence-corrected chi connectivity index (χ1v) is 7.84. The zero-order valence-corrected chi connectivity index (χ0v) is 12.3. The second-order valence-corrected chi connectivity index (χ2v) is 7.19. The Morgan fingerprint density at radius 3 is 2.63 bits per heavy atom. The number of rotatable bonds is 5. The van der Waals surface area contributed by atoms with Crippen LogP contribution in [-0.4, -0.2) is 72.5 Å². The van der Waals surface area contributed by atoms with Crippen molar-refractivity contribution >= 4 is 0 Å². The highest BCUT2D eigenvalue weighted by molar-refractivity contribution is 5.05. The molecule has 2 aliphatic heterocycles. The van der Waals surface area contributed by atoms with Crippen LogP contribution >= 0.6 is 0 Å². The molecule has 0 aromatic carbocycles. The first-order chi connectivity index (χ1) is 9.05. The molecule has 0 radical (unpaired) electrons. The van der Waals surface area contributed by atoms with Gasteiger partial charge in [-0.25, -0.2) is 0 Å². The van der Waals surface area contributed by atoms with E-state index in [2.05, 4.69) is 23.6 Å². The number of nitrogens with zero attached hydrogens (tertiary/aromatic N) is 2. The predicted octanol–water partition coefficient (Wildman–Crippen LogP) is 0.800. The lowest BCUT2D eigenvalue weighted by atomic mass is 9.88. The molecule has 3 aliphatic rings. The topological polar surface area (TPSA) is 35.9 Å². The highest BCUT2D eigenvalue weighted by Crippen LogP contribution is 2.44. The molecule has 1 saturated carbocycles. The van der Waals surface area contributed by atoms with Gasteiger partial charge in [-0.2, -0.15) is 0 Å². The van der Waals surface area contributed by atoms with Gasteiger partial charge in [0.2, 0.25) is 0 Å². The Bertz CT molecular complexity index is 311. The summed E-state index contributed by atoms with van der Waals surface area (Å²) in [5.41, 5.74) is -0.355. The molecule has 1 N–H and O–H groups in total. The molecule has 4 heteroatoms. The van der Waals surface area contributed by atoms with Crippen molar-refractivity contribution in [2.75, 3.05) is 45.9 Å². The molecule has 1 aliphatic carbocycles. The van der Waals surface area contributed by atoms with E-state index in [4.69, 9.17) is 4.74 Å². The van der Waals surface area contributed by atoms with Crippen molar-refractivity contribution in [3.05, 3.63) is 0 Å². The van der Waals surface area contributed by atoms with Crippen molar-refractivity contribution < 1.29 is 9.84 Å². The van der Waals surface area contributed by atoms with E-state index in [0.717, 1.165) is 45.2 Å². The third-order valence-corrected chi connectivity index (χ3v) is 4.64. The number of morpholine rings is 1. The van der Waals surface area contributed by atoms with Crippen LogP contribution < -0.4 is 0 Å². The van der Waals surface area contributed by atoms with E-state index in [9.17, 15) is 5.11 Å². The molecule has 4 nitrogen and oxygen atoms in total. The van der Waals surface area contributed by atoms with Gasteiger partial charge in [0.05, 0.1) is 18.3 Å². The number of β-amino-alcohol motifs (C(OH)–C–C–N with tert-alkyl or cyclic N) is 1. The molecular weight excluding hydrogens is 240 g/mol. The largest absolute Gasteiger partial charge is 0.387 e. The van der Waals surface area contributed by atoms with Crippen LogP contribution in [0.1, 0.15) is 26.7 Å². The van der Waals surface area contributed by atoms with Crippen LogP contribution in [0, 0.1) is 11.8 Å². The minimum absolute atomic E-state index is 0.330. The highest BCUT2D eigenvalue weighted by atomic mass is 16.5. The number of aliphatic hydroxyl groups is 1. The molecule has 3 fully saturated rings. The molecule has 0 spiro atoms. The first kappa shape index (κ1) is 13.8. The normalized spacial score (nSPS) is 32.5. The Kier molecular flexibility index (Phi) is 3.87. The van der Waals surface area contributed by atoms with Crippen molar-refractivity contribution in [1.29, 1.82) is 0 Å². The minimum atomic E-state index is -0.355.